The number of rotatable bonds is 5. The number of thioether (sulfide) groups is 1. The van der Waals surface area contributed by atoms with Gasteiger partial charge in [-0.25, -0.2) is 4.98 Å². The zero-order chi connectivity index (χ0) is 18.9. The number of fused-ring (bicyclic) bond motifs is 1. The largest absolute Gasteiger partial charge is 0.350 e. The topological polar surface area (TPSA) is 64.0 Å². The summed E-state index contributed by atoms with van der Waals surface area (Å²) in [5.74, 6) is 0.326. The summed E-state index contributed by atoms with van der Waals surface area (Å²) in [7, 11) is 0. The van der Waals surface area contributed by atoms with Crippen molar-refractivity contribution in [1.82, 2.24) is 14.9 Å². The molecule has 1 aromatic carbocycles. The average Bonchev–Trinajstić information content (AvgIpc) is 2.66. The molecule has 1 aromatic heterocycles. The number of aromatic nitrogens is 2. The summed E-state index contributed by atoms with van der Waals surface area (Å²) < 4.78 is 1.87. The molecular formula is C21H27N3O2S. The lowest BCUT2D eigenvalue weighted by molar-refractivity contribution is -0.121. The Bertz CT molecular complexity index is 898. The molecular weight excluding hydrogens is 358 g/mol. The van der Waals surface area contributed by atoms with Crippen LogP contribution in [0.15, 0.2) is 34.2 Å². The Morgan fingerprint density at radius 2 is 1.96 bits per heavy atom. The summed E-state index contributed by atoms with van der Waals surface area (Å²) in [5, 5.41) is 4.48. The first-order chi connectivity index (χ1) is 13.1. The van der Waals surface area contributed by atoms with E-state index in [0.717, 1.165) is 38.5 Å². The van der Waals surface area contributed by atoms with E-state index in [4.69, 9.17) is 4.98 Å². The maximum absolute atomic E-state index is 13.2. The van der Waals surface area contributed by atoms with Crippen molar-refractivity contribution in [3.63, 3.8) is 0 Å². The third-order valence-electron chi connectivity index (χ3n) is 5.95. The van der Waals surface area contributed by atoms with Gasteiger partial charge in [-0.1, -0.05) is 43.2 Å². The summed E-state index contributed by atoms with van der Waals surface area (Å²) in [6.07, 6.45) is 8.82. The van der Waals surface area contributed by atoms with Gasteiger partial charge in [-0.2, -0.15) is 0 Å². The monoisotopic (exact) mass is 385 g/mol. The van der Waals surface area contributed by atoms with Crippen molar-refractivity contribution < 1.29 is 4.79 Å². The van der Waals surface area contributed by atoms with E-state index in [9.17, 15) is 9.59 Å². The summed E-state index contributed by atoms with van der Waals surface area (Å²) in [5.41, 5.74) is 0.696. The number of nitrogens with one attached hydrogen (secondary N) is 1. The zero-order valence-electron chi connectivity index (χ0n) is 15.9. The van der Waals surface area contributed by atoms with Gasteiger partial charge in [-0.3, -0.25) is 14.2 Å². The highest BCUT2D eigenvalue weighted by Gasteiger charge is 2.33. The molecule has 4 rings (SSSR count). The van der Waals surface area contributed by atoms with Gasteiger partial charge in [0, 0.05) is 11.6 Å². The summed E-state index contributed by atoms with van der Waals surface area (Å²) >= 11 is 1.39. The molecule has 2 aliphatic carbocycles. The zero-order valence-corrected chi connectivity index (χ0v) is 16.7. The Hall–Kier alpha value is -1.82. The van der Waals surface area contributed by atoms with E-state index in [1.54, 1.807) is 0 Å². The normalized spacial score (nSPS) is 19.6. The quantitative estimate of drug-likeness (QED) is 0.623. The van der Waals surface area contributed by atoms with Crippen LogP contribution in [-0.2, 0) is 4.79 Å². The van der Waals surface area contributed by atoms with E-state index in [1.807, 2.05) is 28.8 Å². The van der Waals surface area contributed by atoms with Gasteiger partial charge in [0.2, 0.25) is 5.91 Å². The van der Waals surface area contributed by atoms with Gasteiger partial charge >= 0.3 is 0 Å². The smallest absolute Gasteiger partial charge is 0.262 e. The van der Waals surface area contributed by atoms with Gasteiger partial charge in [-0.15, -0.1) is 0 Å². The van der Waals surface area contributed by atoms with E-state index in [2.05, 4.69) is 12.2 Å². The number of benzene rings is 1. The first-order valence-corrected chi connectivity index (χ1v) is 11.0. The maximum atomic E-state index is 13.2. The Kier molecular flexibility index (Phi) is 5.26. The van der Waals surface area contributed by atoms with E-state index < -0.39 is 0 Å². The third-order valence-corrected chi connectivity index (χ3v) is 6.90. The first kappa shape index (κ1) is 18.5. The predicted octanol–water partition coefficient (Wildman–Crippen LogP) is 4.05. The molecule has 0 saturated heterocycles. The van der Waals surface area contributed by atoms with Gasteiger partial charge in [-0.05, 0) is 51.2 Å². The minimum atomic E-state index is -0.0442. The van der Waals surface area contributed by atoms with Crippen LogP contribution in [0.4, 0.5) is 0 Å². The highest BCUT2D eigenvalue weighted by atomic mass is 32.2. The average molecular weight is 386 g/mol. The first-order valence-electron chi connectivity index (χ1n) is 10.0. The number of hydrogen-bond acceptors (Lipinski definition) is 4. The molecule has 0 atom stereocenters. The molecule has 2 aliphatic rings. The highest BCUT2D eigenvalue weighted by molar-refractivity contribution is 7.99. The van der Waals surface area contributed by atoms with Crippen molar-refractivity contribution in [2.45, 2.75) is 75.0 Å². The van der Waals surface area contributed by atoms with E-state index >= 15 is 0 Å². The number of nitrogens with zero attached hydrogens (tertiary/aromatic N) is 2. The molecule has 2 saturated carbocycles. The fourth-order valence-electron chi connectivity index (χ4n) is 4.22. The molecule has 0 unspecified atom stereocenters. The predicted molar refractivity (Wildman–Crippen MR) is 109 cm³/mol. The minimum absolute atomic E-state index is 0.0276. The van der Waals surface area contributed by atoms with Crippen LogP contribution in [0.5, 0.6) is 0 Å². The van der Waals surface area contributed by atoms with E-state index in [-0.39, 0.29) is 23.0 Å². The number of carbonyl (C=O) groups is 1. The third kappa shape index (κ3) is 3.91. The fraction of sp³-hybridized carbons (Fsp3) is 0.571. The molecule has 2 aromatic rings. The van der Waals surface area contributed by atoms with Gasteiger partial charge < -0.3 is 5.32 Å². The molecule has 0 spiro atoms. The standard InChI is InChI=1S/C21H27N3O2S/c1-21(12-7-13-21)23-18(25)14-27-20-22-17-11-6-5-10-16(17)19(26)24(20)15-8-3-2-4-9-15/h5-6,10-11,15H,2-4,7-9,12-14H2,1H3,(H,23,25). The molecule has 1 heterocycles. The lowest BCUT2D eigenvalue weighted by atomic mass is 9.78. The van der Waals surface area contributed by atoms with Crippen molar-refractivity contribution in [2.24, 2.45) is 0 Å². The van der Waals surface area contributed by atoms with Crippen LogP contribution in [0.2, 0.25) is 0 Å². The van der Waals surface area contributed by atoms with Crippen LogP contribution in [0.3, 0.4) is 0 Å². The molecule has 0 radical (unpaired) electrons. The van der Waals surface area contributed by atoms with Crippen LogP contribution in [-0.4, -0.2) is 26.8 Å². The van der Waals surface area contributed by atoms with Crippen molar-refractivity contribution in [2.75, 3.05) is 5.75 Å². The summed E-state index contributed by atoms with van der Waals surface area (Å²) in [6.45, 7) is 2.10. The Morgan fingerprint density at radius 3 is 2.67 bits per heavy atom. The Morgan fingerprint density at radius 1 is 1.22 bits per heavy atom. The Balaban J connectivity index is 1.61. The molecule has 0 bridgehead atoms. The SMILES string of the molecule is CC1(NC(=O)CSc2nc3ccccc3c(=O)n2C2CCCCC2)CCC1. The van der Waals surface area contributed by atoms with Crippen molar-refractivity contribution >= 4 is 28.6 Å². The number of hydrogen-bond donors (Lipinski definition) is 1. The molecule has 1 N–H and O–H groups in total. The van der Waals surface area contributed by atoms with E-state index in [1.165, 1.54) is 24.6 Å². The van der Waals surface area contributed by atoms with Crippen molar-refractivity contribution in [3.05, 3.63) is 34.6 Å². The molecule has 5 nitrogen and oxygen atoms in total. The van der Waals surface area contributed by atoms with Gasteiger partial charge in [0.25, 0.3) is 5.56 Å². The van der Waals surface area contributed by atoms with Gasteiger partial charge in [0.05, 0.1) is 16.7 Å². The molecule has 6 heteroatoms. The number of para-hydroxylation sites is 1. The van der Waals surface area contributed by atoms with Crippen LogP contribution >= 0.6 is 11.8 Å². The molecule has 2 fully saturated rings. The maximum Gasteiger partial charge on any atom is 0.262 e. The summed E-state index contributed by atoms with van der Waals surface area (Å²) in [6, 6.07) is 7.71. The highest BCUT2D eigenvalue weighted by Crippen LogP contribution is 2.32. The van der Waals surface area contributed by atoms with Crippen molar-refractivity contribution in [3.8, 4) is 0 Å². The lowest BCUT2D eigenvalue weighted by Gasteiger charge is -2.39. The van der Waals surface area contributed by atoms with Gasteiger partial charge in [0.15, 0.2) is 5.16 Å². The second-order valence-corrected chi connectivity index (χ2v) is 9.07. The van der Waals surface area contributed by atoms with Crippen molar-refractivity contribution in [1.29, 1.82) is 0 Å². The Labute approximate surface area is 163 Å². The lowest BCUT2D eigenvalue weighted by Crippen LogP contribution is -2.51. The molecule has 0 aliphatic heterocycles. The van der Waals surface area contributed by atoms with Gasteiger partial charge in [0.1, 0.15) is 0 Å². The second kappa shape index (κ2) is 7.66. The fourth-order valence-corrected chi connectivity index (χ4v) is 5.09. The molecule has 144 valence electrons. The van der Waals surface area contributed by atoms with Crippen LogP contribution in [0.25, 0.3) is 10.9 Å². The van der Waals surface area contributed by atoms with Crippen LogP contribution in [0, 0.1) is 0 Å². The number of carbonyl (C=O) groups excluding carboxylic acids is 1. The number of amides is 1. The van der Waals surface area contributed by atoms with Crippen LogP contribution < -0.4 is 10.9 Å². The second-order valence-electron chi connectivity index (χ2n) is 8.13. The summed E-state index contributed by atoms with van der Waals surface area (Å²) in [4.78, 5) is 30.4. The molecule has 1 amide bonds. The van der Waals surface area contributed by atoms with Crippen LogP contribution in [0.1, 0.15) is 64.3 Å². The molecule has 27 heavy (non-hydrogen) atoms. The van der Waals surface area contributed by atoms with E-state index in [0.29, 0.717) is 21.8 Å². The minimum Gasteiger partial charge on any atom is -0.350 e.